The summed E-state index contributed by atoms with van der Waals surface area (Å²) >= 11 is 0. The topological polar surface area (TPSA) is 66.8 Å². The van der Waals surface area contributed by atoms with Crippen LogP contribution in [0.4, 0.5) is 0 Å². The van der Waals surface area contributed by atoms with Gasteiger partial charge < -0.3 is 4.74 Å². The summed E-state index contributed by atoms with van der Waals surface area (Å²) in [6.07, 6.45) is 0. The van der Waals surface area contributed by atoms with Crippen molar-refractivity contribution in [2.24, 2.45) is 0 Å². The van der Waals surface area contributed by atoms with Gasteiger partial charge in [0.2, 0.25) is 0 Å². The van der Waals surface area contributed by atoms with Gasteiger partial charge in [0.15, 0.2) is 0 Å². The van der Waals surface area contributed by atoms with Gasteiger partial charge >= 0.3 is 5.97 Å². The predicted octanol–water partition coefficient (Wildman–Crippen LogP) is 1.37. The summed E-state index contributed by atoms with van der Waals surface area (Å²) in [6, 6.07) is 0. The zero-order valence-corrected chi connectivity index (χ0v) is 6.71. The Morgan fingerprint density at radius 3 is 1.60 bits per heavy atom. The fourth-order valence-electron chi connectivity index (χ4n) is 0.431. The van der Waals surface area contributed by atoms with E-state index in [0.717, 1.165) is 0 Å². The molecule has 0 aliphatic carbocycles. The van der Waals surface area contributed by atoms with Crippen LogP contribution in [0.1, 0.15) is 27.7 Å². The number of rotatable bonds is 0. The Hall–Kier alpha value is -0.610. The maximum Gasteiger partial charge on any atom is 0.303 e. The lowest BCUT2D eigenvalue weighted by molar-refractivity contribution is -0.176. The van der Waals surface area contributed by atoms with Crippen LogP contribution < -0.4 is 0 Å². The Balaban J connectivity index is 0. The quantitative estimate of drug-likeness (QED) is 0.311. The second kappa shape index (κ2) is 5.20. The highest BCUT2D eigenvalue weighted by molar-refractivity contribution is 5.66. The summed E-state index contributed by atoms with van der Waals surface area (Å²) in [5.41, 5.74) is -0.328. The minimum atomic E-state index is -0.328. The molecule has 2 N–H and O–H groups in total. The van der Waals surface area contributed by atoms with Crippen molar-refractivity contribution in [3.8, 4) is 0 Å². The fraction of sp³-hybridized carbons (Fsp3) is 0.833. The summed E-state index contributed by atoms with van der Waals surface area (Å²) in [5, 5.41) is 12.0. The first-order valence-electron chi connectivity index (χ1n) is 2.81. The van der Waals surface area contributed by atoms with E-state index in [2.05, 4.69) is 0 Å². The fourth-order valence-corrected chi connectivity index (χ4v) is 0.431. The second-order valence-corrected chi connectivity index (χ2v) is 2.71. The maximum atomic E-state index is 10.2. The van der Waals surface area contributed by atoms with E-state index in [-0.39, 0.29) is 11.6 Å². The molecule has 62 valence electrons. The number of hydrogen-bond donors (Lipinski definition) is 2. The van der Waals surface area contributed by atoms with Gasteiger partial charge in [0, 0.05) is 6.92 Å². The second-order valence-electron chi connectivity index (χ2n) is 2.71. The molecule has 0 unspecified atom stereocenters. The van der Waals surface area contributed by atoms with E-state index in [1.807, 2.05) is 20.8 Å². The normalized spacial score (nSPS) is 9.40. The lowest BCUT2D eigenvalue weighted by Gasteiger charge is -2.17. The van der Waals surface area contributed by atoms with Crippen molar-refractivity contribution < 1.29 is 20.0 Å². The van der Waals surface area contributed by atoms with E-state index in [1.165, 1.54) is 6.92 Å². The lowest BCUT2D eigenvalue weighted by Crippen LogP contribution is -2.21. The van der Waals surface area contributed by atoms with Crippen molar-refractivity contribution in [1.82, 2.24) is 0 Å². The van der Waals surface area contributed by atoms with E-state index in [1.54, 1.807) is 0 Å². The van der Waals surface area contributed by atoms with Crippen LogP contribution in [-0.2, 0) is 9.53 Å². The molecule has 4 nitrogen and oxygen atoms in total. The third kappa shape index (κ3) is 15.7. The van der Waals surface area contributed by atoms with Crippen molar-refractivity contribution in [3.05, 3.63) is 0 Å². The molecule has 0 spiro atoms. The zero-order valence-electron chi connectivity index (χ0n) is 6.71. The molecule has 0 heterocycles. The molecule has 0 fully saturated rings. The Kier molecular flexibility index (Phi) is 6.29. The van der Waals surface area contributed by atoms with Crippen LogP contribution in [0.25, 0.3) is 0 Å². The minimum absolute atomic E-state index is 0.225. The van der Waals surface area contributed by atoms with Crippen LogP contribution in [0.3, 0.4) is 0 Å². The largest absolute Gasteiger partial charge is 0.460 e. The van der Waals surface area contributed by atoms with Gasteiger partial charge in [-0.15, -0.1) is 0 Å². The number of carbonyl (C=O) groups excluding carboxylic acids is 1. The lowest BCUT2D eigenvalue weighted by atomic mass is 10.2. The number of hydrogen-bond acceptors (Lipinski definition) is 4. The third-order valence-corrected chi connectivity index (χ3v) is 0.450. The molecule has 0 rings (SSSR count). The smallest absolute Gasteiger partial charge is 0.303 e. The van der Waals surface area contributed by atoms with Gasteiger partial charge in [-0.25, -0.2) is 0 Å². The summed E-state index contributed by atoms with van der Waals surface area (Å²) < 4.78 is 4.80. The molecule has 0 saturated carbocycles. The average Bonchev–Trinajstić information content (AvgIpc) is 1.64. The summed E-state index contributed by atoms with van der Waals surface area (Å²) in [5.74, 6) is -0.225. The standard InChI is InChI=1S/C6H12O2.H2O2/c1-5(7)8-6(2,3)4;1-2/h1-4H3;1-2H. The molecule has 0 aliphatic heterocycles. The highest BCUT2D eigenvalue weighted by atomic mass is 17.0. The van der Waals surface area contributed by atoms with Gasteiger partial charge in [-0.3, -0.25) is 15.3 Å². The molecule has 0 saturated heterocycles. The van der Waals surface area contributed by atoms with E-state index >= 15 is 0 Å². The molecule has 0 atom stereocenters. The highest BCUT2D eigenvalue weighted by Crippen LogP contribution is 2.05. The molecule has 0 aliphatic rings. The Labute approximate surface area is 60.4 Å². The molecule has 0 aromatic heterocycles. The van der Waals surface area contributed by atoms with Gasteiger partial charge in [0.25, 0.3) is 0 Å². The van der Waals surface area contributed by atoms with Crippen molar-refractivity contribution in [2.75, 3.05) is 0 Å². The molecule has 4 heteroatoms. The minimum Gasteiger partial charge on any atom is -0.460 e. The number of carbonyl (C=O) groups is 1. The highest BCUT2D eigenvalue weighted by Gasteiger charge is 2.11. The van der Waals surface area contributed by atoms with Gasteiger partial charge in [-0.1, -0.05) is 0 Å². The molecule has 0 bridgehead atoms. The van der Waals surface area contributed by atoms with E-state index in [0.29, 0.717) is 0 Å². The monoisotopic (exact) mass is 150 g/mol. The molecule has 0 aromatic carbocycles. The first-order chi connectivity index (χ1) is 4.42. The molecule has 10 heavy (non-hydrogen) atoms. The summed E-state index contributed by atoms with van der Waals surface area (Å²) in [6.45, 7) is 6.93. The van der Waals surface area contributed by atoms with Gasteiger partial charge in [-0.2, -0.15) is 0 Å². The average molecular weight is 150 g/mol. The predicted molar refractivity (Wildman–Crippen MR) is 36.8 cm³/mol. The molecule has 0 amide bonds. The van der Waals surface area contributed by atoms with Crippen LogP contribution in [0.5, 0.6) is 0 Å². The Morgan fingerprint density at radius 2 is 1.60 bits per heavy atom. The molecule has 0 radical (unpaired) electrons. The van der Waals surface area contributed by atoms with E-state index in [4.69, 9.17) is 15.3 Å². The van der Waals surface area contributed by atoms with Crippen LogP contribution in [0.2, 0.25) is 0 Å². The summed E-state index contributed by atoms with van der Waals surface area (Å²) in [7, 11) is 0. The van der Waals surface area contributed by atoms with Crippen LogP contribution in [-0.4, -0.2) is 22.1 Å². The van der Waals surface area contributed by atoms with Gasteiger partial charge in [0.1, 0.15) is 5.60 Å². The van der Waals surface area contributed by atoms with Crippen molar-refractivity contribution in [1.29, 1.82) is 0 Å². The van der Waals surface area contributed by atoms with Crippen molar-refractivity contribution in [2.45, 2.75) is 33.3 Å². The zero-order chi connectivity index (χ0) is 8.78. The third-order valence-electron chi connectivity index (χ3n) is 0.450. The van der Waals surface area contributed by atoms with E-state index < -0.39 is 0 Å². The van der Waals surface area contributed by atoms with Gasteiger partial charge in [0.05, 0.1) is 0 Å². The Bertz CT molecular complexity index is 92.4. The van der Waals surface area contributed by atoms with E-state index in [9.17, 15) is 4.79 Å². The first kappa shape index (κ1) is 12.1. The van der Waals surface area contributed by atoms with Crippen LogP contribution in [0, 0.1) is 0 Å². The van der Waals surface area contributed by atoms with Gasteiger partial charge in [-0.05, 0) is 20.8 Å². The molecular formula is C6H14O4. The first-order valence-corrected chi connectivity index (χ1v) is 2.81. The number of ether oxygens (including phenoxy) is 1. The van der Waals surface area contributed by atoms with Crippen LogP contribution >= 0.6 is 0 Å². The Morgan fingerprint density at radius 1 is 1.30 bits per heavy atom. The van der Waals surface area contributed by atoms with Crippen LogP contribution in [0.15, 0.2) is 0 Å². The molecule has 0 aromatic rings. The SMILES string of the molecule is CC(=O)OC(C)(C)C.OO. The molecular weight excluding hydrogens is 136 g/mol. The van der Waals surface area contributed by atoms with Crippen molar-refractivity contribution >= 4 is 5.97 Å². The summed E-state index contributed by atoms with van der Waals surface area (Å²) in [4.78, 5) is 10.2. The maximum absolute atomic E-state index is 10.2. The van der Waals surface area contributed by atoms with Crippen molar-refractivity contribution in [3.63, 3.8) is 0 Å². The number of esters is 1.